The zero-order valence-corrected chi connectivity index (χ0v) is 13.3. The lowest BCUT2D eigenvalue weighted by molar-refractivity contribution is 0.0545. The minimum Gasteiger partial charge on any atom is -0.385 e. The van der Waals surface area contributed by atoms with Crippen LogP contribution in [0, 0.1) is 12.7 Å². The second kappa shape index (κ2) is 5.61. The number of rotatable bonds is 4. The van der Waals surface area contributed by atoms with E-state index in [1.54, 1.807) is 6.92 Å². The van der Waals surface area contributed by atoms with Crippen LogP contribution in [-0.4, -0.2) is 19.9 Å². The molecule has 0 aliphatic carbocycles. The van der Waals surface area contributed by atoms with Crippen LogP contribution < -0.4 is 0 Å². The topological polar surface area (TPSA) is 50.9 Å². The molecule has 108 valence electrons. The Morgan fingerprint density at radius 2 is 2.15 bits per heavy atom. The molecule has 1 atom stereocenters. The van der Waals surface area contributed by atoms with Crippen LogP contribution in [0.2, 0.25) is 0 Å². The standard InChI is InChI=1S/C14H17BrFN3O/c1-4-19-12(13(15)9(2)18-19)6-14(3,20)10-5-11(16)8-17-7-10/h5,7-8,20H,4,6H2,1-3H3. The predicted octanol–water partition coefficient (Wildman–Crippen LogP) is 2.96. The predicted molar refractivity (Wildman–Crippen MR) is 77.8 cm³/mol. The van der Waals surface area contributed by atoms with Crippen molar-refractivity contribution in [1.82, 2.24) is 14.8 Å². The van der Waals surface area contributed by atoms with Crippen molar-refractivity contribution in [3.8, 4) is 0 Å². The van der Waals surface area contributed by atoms with Crippen LogP contribution in [0.3, 0.4) is 0 Å². The largest absolute Gasteiger partial charge is 0.385 e. The van der Waals surface area contributed by atoms with Crippen molar-refractivity contribution in [1.29, 1.82) is 0 Å². The van der Waals surface area contributed by atoms with E-state index in [0.29, 0.717) is 18.5 Å². The molecule has 0 bridgehead atoms. The van der Waals surface area contributed by atoms with Crippen molar-refractivity contribution >= 4 is 15.9 Å². The van der Waals surface area contributed by atoms with E-state index in [2.05, 4.69) is 26.0 Å². The van der Waals surface area contributed by atoms with Crippen LogP contribution in [0.25, 0.3) is 0 Å². The molecule has 0 aromatic carbocycles. The van der Waals surface area contributed by atoms with Gasteiger partial charge in [0.2, 0.25) is 0 Å². The molecule has 1 unspecified atom stereocenters. The molecular formula is C14H17BrFN3O. The summed E-state index contributed by atoms with van der Waals surface area (Å²) in [5, 5.41) is 15.0. The Morgan fingerprint density at radius 3 is 2.75 bits per heavy atom. The lowest BCUT2D eigenvalue weighted by atomic mass is 9.92. The molecule has 20 heavy (non-hydrogen) atoms. The highest BCUT2D eigenvalue weighted by atomic mass is 79.9. The first kappa shape index (κ1) is 15.1. The van der Waals surface area contributed by atoms with Gasteiger partial charge in [-0.25, -0.2) is 4.39 Å². The van der Waals surface area contributed by atoms with E-state index < -0.39 is 11.4 Å². The fraction of sp³-hybridized carbons (Fsp3) is 0.429. The molecule has 0 aliphatic rings. The first-order valence-electron chi connectivity index (χ1n) is 6.40. The van der Waals surface area contributed by atoms with Gasteiger partial charge in [0.1, 0.15) is 5.82 Å². The van der Waals surface area contributed by atoms with Gasteiger partial charge in [-0.3, -0.25) is 9.67 Å². The summed E-state index contributed by atoms with van der Waals surface area (Å²) in [6, 6.07) is 1.31. The number of hydrogen-bond acceptors (Lipinski definition) is 3. The molecule has 6 heteroatoms. The molecule has 2 aromatic rings. The van der Waals surface area contributed by atoms with Gasteiger partial charge in [-0.15, -0.1) is 0 Å². The molecule has 2 rings (SSSR count). The van der Waals surface area contributed by atoms with Crippen LogP contribution in [0.15, 0.2) is 22.9 Å². The van der Waals surface area contributed by atoms with E-state index in [1.807, 2.05) is 18.5 Å². The SMILES string of the molecule is CCn1nc(C)c(Br)c1CC(C)(O)c1cncc(F)c1. The molecule has 2 aromatic heterocycles. The van der Waals surface area contributed by atoms with Gasteiger partial charge in [0.05, 0.1) is 27.7 Å². The maximum absolute atomic E-state index is 13.3. The molecule has 1 N–H and O–H groups in total. The van der Waals surface area contributed by atoms with E-state index in [4.69, 9.17) is 0 Å². The number of aromatic nitrogens is 3. The minimum absolute atomic E-state index is 0.327. The van der Waals surface area contributed by atoms with Crippen molar-refractivity contribution in [2.45, 2.75) is 39.3 Å². The number of nitrogens with zero attached hydrogens (tertiary/aromatic N) is 3. The van der Waals surface area contributed by atoms with E-state index >= 15 is 0 Å². The molecular weight excluding hydrogens is 325 g/mol. The molecule has 0 saturated carbocycles. The van der Waals surface area contributed by atoms with Gasteiger partial charge in [0.25, 0.3) is 0 Å². The molecule has 0 spiro atoms. The van der Waals surface area contributed by atoms with Gasteiger partial charge in [-0.1, -0.05) is 0 Å². The fourth-order valence-electron chi connectivity index (χ4n) is 2.17. The number of halogens is 2. The highest BCUT2D eigenvalue weighted by molar-refractivity contribution is 9.10. The maximum Gasteiger partial charge on any atom is 0.141 e. The normalized spacial score (nSPS) is 14.3. The first-order chi connectivity index (χ1) is 9.35. The molecule has 2 heterocycles. The second-order valence-electron chi connectivity index (χ2n) is 5.00. The molecule has 0 aliphatic heterocycles. The number of aliphatic hydroxyl groups is 1. The maximum atomic E-state index is 13.3. The summed E-state index contributed by atoms with van der Waals surface area (Å²) in [6.45, 7) is 6.25. The van der Waals surface area contributed by atoms with Crippen molar-refractivity contribution in [2.75, 3.05) is 0 Å². The third-order valence-electron chi connectivity index (χ3n) is 3.29. The molecule has 0 saturated heterocycles. The Bertz CT molecular complexity index is 625. The van der Waals surface area contributed by atoms with Crippen molar-refractivity contribution < 1.29 is 9.50 Å². The lowest BCUT2D eigenvalue weighted by Gasteiger charge is -2.24. The van der Waals surface area contributed by atoms with Crippen LogP contribution in [0.5, 0.6) is 0 Å². The Morgan fingerprint density at radius 1 is 1.45 bits per heavy atom. The average Bonchev–Trinajstić information content (AvgIpc) is 2.66. The third-order valence-corrected chi connectivity index (χ3v) is 4.32. The highest BCUT2D eigenvalue weighted by Gasteiger charge is 2.28. The summed E-state index contributed by atoms with van der Waals surface area (Å²) >= 11 is 3.50. The van der Waals surface area contributed by atoms with E-state index in [0.717, 1.165) is 22.1 Å². The second-order valence-corrected chi connectivity index (χ2v) is 5.80. The summed E-state index contributed by atoms with van der Waals surface area (Å²) in [4.78, 5) is 3.79. The van der Waals surface area contributed by atoms with Crippen LogP contribution in [0.4, 0.5) is 4.39 Å². The summed E-state index contributed by atoms with van der Waals surface area (Å²) < 4.78 is 16.0. The highest BCUT2D eigenvalue weighted by Crippen LogP contribution is 2.30. The average molecular weight is 342 g/mol. The Balaban J connectivity index is 2.37. The number of pyridine rings is 1. The van der Waals surface area contributed by atoms with Crippen LogP contribution in [-0.2, 0) is 18.6 Å². The zero-order chi connectivity index (χ0) is 14.9. The Hall–Kier alpha value is -1.27. The molecule has 0 amide bonds. The fourth-order valence-corrected chi connectivity index (χ4v) is 2.60. The van der Waals surface area contributed by atoms with Gasteiger partial charge in [0, 0.05) is 24.7 Å². The quantitative estimate of drug-likeness (QED) is 0.930. The van der Waals surface area contributed by atoms with Crippen molar-refractivity contribution in [2.24, 2.45) is 0 Å². The van der Waals surface area contributed by atoms with Crippen molar-refractivity contribution in [3.63, 3.8) is 0 Å². The third kappa shape index (κ3) is 2.91. The molecule has 0 radical (unpaired) electrons. The first-order valence-corrected chi connectivity index (χ1v) is 7.19. The number of hydrogen-bond donors (Lipinski definition) is 1. The van der Waals surface area contributed by atoms with E-state index in [1.165, 1.54) is 12.3 Å². The van der Waals surface area contributed by atoms with Crippen LogP contribution in [0.1, 0.15) is 30.8 Å². The minimum atomic E-state index is -1.21. The van der Waals surface area contributed by atoms with Gasteiger partial charge >= 0.3 is 0 Å². The zero-order valence-electron chi connectivity index (χ0n) is 11.7. The number of aryl methyl sites for hydroxylation is 2. The van der Waals surface area contributed by atoms with Gasteiger partial charge in [-0.2, -0.15) is 5.10 Å². The summed E-state index contributed by atoms with van der Waals surface area (Å²) in [5.74, 6) is -0.456. The van der Waals surface area contributed by atoms with E-state index in [-0.39, 0.29) is 0 Å². The van der Waals surface area contributed by atoms with Gasteiger partial charge < -0.3 is 5.11 Å². The van der Waals surface area contributed by atoms with Gasteiger partial charge in [0.15, 0.2) is 0 Å². The smallest absolute Gasteiger partial charge is 0.141 e. The van der Waals surface area contributed by atoms with Crippen molar-refractivity contribution in [3.05, 3.63) is 45.7 Å². The molecule has 0 fully saturated rings. The lowest BCUT2D eigenvalue weighted by Crippen LogP contribution is -2.26. The molecule has 4 nitrogen and oxygen atoms in total. The van der Waals surface area contributed by atoms with Crippen LogP contribution >= 0.6 is 15.9 Å². The summed E-state index contributed by atoms with van der Waals surface area (Å²) in [5.41, 5.74) is 0.997. The Kier molecular flexibility index (Phi) is 4.25. The Labute approximate surface area is 125 Å². The monoisotopic (exact) mass is 341 g/mol. The summed E-state index contributed by atoms with van der Waals surface area (Å²) in [6.07, 6.45) is 2.93. The van der Waals surface area contributed by atoms with Gasteiger partial charge in [-0.05, 0) is 42.8 Å². The van der Waals surface area contributed by atoms with E-state index in [9.17, 15) is 9.50 Å². The summed E-state index contributed by atoms with van der Waals surface area (Å²) in [7, 11) is 0.